The van der Waals surface area contributed by atoms with Crippen molar-refractivity contribution in [1.29, 1.82) is 0 Å². The van der Waals surface area contributed by atoms with Gasteiger partial charge in [-0.15, -0.1) is 0 Å². The second-order valence-corrected chi connectivity index (χ2v) is 6.17. The monoisotopic (exact) mass is 348 g/mol. The van der Waals surface area contributed by atoms with Gasteiger partial charge < -0.3 is 9.47 Å². The van der Waals surface area contributed by atoms with E-state index in [-0.39, 0.29) is 6.79 Å². The molecule has 0 amide bonds. The number of fused-ring (bicyclic) bond motifs is 2. The predicted octanol–water partition coefficient (Wildman–Crippen LogP) is 3.06. The Morgan fingerprint density at radius 3 is 2.81 bits per heavy atom. The van der Waals surface area contributed by atoms with Crippen LogP contribution in [-0.2, 0) is 0 Å². The van der Waals surface area contributed by atoms with Gasteiger partial charge in [-0.05, 0) is 42.8 Å². The Kier molecular flexibility index (Phi) is 3.23. The Bertz CT molecular complexity index is 1080. The fourth-order valence-corrected chi connectivity index (χ4v) is 3.24. The molecule has 1 aromatic carbocycles. The third-order valence-electron chi connectivity index (χ3n) is 4.51. The number of benzene rings is 1. The summed E-state index contributed by atoms with van der Waals surface area (Å²) in [6.45, 7) is 2.63. The van der Waals surface area contributed by atoms with E-state index in [1.807, 2.05) is 54.0 Å². The minimum atomic E-state index is 0.243. The molecule has 0 spiro atoms. The summed E-state index contributed by atoms with van der Waals surface area (Å²) in [7, 11) is 0. The van der Waals surface area contributed by atoms with Gasteiger partial charge in [-0.2, -0.15) is 0 Å². The van der Waals surface area contributed by atoms with Crippen molar-refractivity contribution in [1.82, 2.24) is 19.6 Å². The van der Waals surface area contributed by atoms with E-state index >= 15 is 0 Å². The average Bonchev–Trinajstić information content (AvgIpc) is 3.24. The van der Waals surface area contributed by atoms with E-state index in [0.29, 0.717) is 6.54 Å². The van der Waals surface area contributed by atoms with Crippen molar-refractivity contribution in [2.24, 2.45) is 0 Å². The number of allylic oxidation sites excluding steroid dienone is 2. The van der Waals surface area contributed by atoms with Crippen molar-refractivity contribution in [3.8, 4) is 17.2 Å². The van der Waals surface area contributed by atoms with Crippen LogP contribution in [0.2, 0.25) is 0 Å². The molecule has 0 bridgehead atoms. The van der Waals surface area contributed by atoms with Crippen molar-refractivity contribution in [2.45, 2.75) is 6.92 Å². The largest absolute Gasteiger partial charge is 0.454 e. The van der Waals surface area contributed by atoms with E-state index < -0.39 is 0 Å². The van der Waals surface area contributed by atoms with E-state index in [0.717, 1.165) is 50.5 Å². The Hall–Kier alpha value is -3.32. The van der Waals surface area contributed by atoms with Crippen molar-refractivity contribution in [3.63, 3.8) is 0 Å². The first-order chi connectivity index (χ1) is 12.7. The molecule has 7 heteroatoms. The summed E-state index contributed by atoms with van der Waals surface area (Å²) >= 11 is 0. The second-order valence-electron chi connectivity index (χ2n) is 6.17. The second kappa shape index (κ2) is 5.60. The van der Waals surface area contributed by atoms with Crippen molar-refractivity contribution >= 4 is 16.7 Å². The number of hydroxylamine groups is 2. The summed E-state index contributed by atoms with van der Waals surface area (Å²) in [4.78, 5) is 9.45. The molecule has 2 aliphatic heterocycles. The summed E-state index contributed by atoms with van der Waals surface area (Å²) in [5.41, 5.74) is 4.33. The summed E-state index contributed by atoms with van der Waals surface area (Å²) in [5.74, 6) is 2.31. The fourth-order valence-electron chi connectivity index (χ4n) is 3.24. The van der Waals surface area contributed by atoms with E-state index in [4.69, 9.17) is 14.5 Å². The van der Waals surface area contributed by atoms with E-state index in [1.165, 1.54) is 0 Å². The van der Waals surface area contributed by atoms with Crippen LogP contribution >= 0.6 is 0 Å². The number of imidazole rings is 1. The lowest BCUT2D eigenvalue weighted by Crippen LogP contribution is -2.14. The fraction of sp³-hybridized carbons (Fsp3) is 0.158. The lowest BCUT2D eigenvalue weighted by molar-refractivity contribution is -0.0299. The third-order valence-corrected chi connectivity index (χ3v) is 4.51. The van der Waals surface area contributed by atoms with Crippen LogP contribution < -0.4 is 9.47 Å². The van der Waals surface area contributed by atoms with Gasteiger partial charge in [-0.25, -0.2) is 9.97 Å². The number of pyridine rings is 1. The normalized spacial score (nSPS) is 15.6. The van der Waals surface area contributed by atoms with Gasteiger partial charge in [0.1, 0.15) is 11.3 Å². The summed E-state index contributed by atoms with van der Waals surface area (Å²) in [6, 6.07) is 9.72. The smallest absolute Gasteiger partial charge is 0.231 e. The first-order valence-electron chi connectivity index (χ1n) is 8.29. The van der Waals surface area contributed by atoms with Crippen LogP contribution in [-0.4, -0.2) is 38.1 Å². The molecule has 5 rings (SSSR count). The zero-order chi connectivity index (χ0) is 17.7. The molecular weight excluding hydrogens is 332 g/mol. The van der Waals surface area contributed by atoms with Crippen molar-refractivity contribution in [3.05, 3.63) is 60.2 Å². The first kappa shape index (κ1) is 15.0. The molecule has 3 aromatic rings. The number of ether oxygens (including phenoxy) is 2. The van der Waals surface area contributed by atoms with Gasteiger partial charge in [0.25, 0.3) is 0 Å². The van der Waals surface area contributed by atoms with Crippen LogP contribution in [0, 0.1) is 6.92 Å². The number of hydrogen-bond acceptors (Lipinski definition) is 6. The zero-order valence-electron chi connectivity index (χ0n) is 14.1. The molecule has 0 unspecified atom stereocenters. The van der Waals surface area contributed by atoms with Gasteiger partial charge in [0.15, 0.2) is 17.1 Å². The van der Waals surface area contributed by atoms with E-state index in [9.17, 15) is 5.21 Å². The first-order valence-corrected chi connectivity index (χ1v) is 8.29. The standard InChI is InChI=1S/C19H16N4O3/c1-12-20-16-4-3-15(13-6-8-22(24)9-7-13)21-19(16)23(12)14-2-5-17-18(10-14)26-11-25-17/h2-8,10,24H,9,11H2,1H3. The predicted molar refractivity (Wildman–Crippen MR) is 95.3 cm³/mol. The SMILES string of the molecule is Cc1nc2ccc(C3=CCN(O)C=C3)nc2n1-c1ccc2c(c1)OCO2. The molecule has 7 nitrogen and oxygen atoms in total. The highest BCUT2D eigenvalue weighted by molar-refractivity contribution is 5.80. The molecule has 1 N–H and O–H groups in total. The molecule has 0 aliphatic carbocycles. The molecule has 0 radical (unpaired) electrons. The highest BCUT2D eigenvalue weighted by Crippen LogP contribution is 2.35. The Balaban J connectivity index is 1.65. The van der Waals surface area contributed by atoms with E-state index in [1.54, 1.807) is 6.20 Å². The lowest BCUT2D eigenvalue weighted by atomic mass is 10.1. The third kappa shape index (κ3) is 2.33. The summed E-state index contributed by atoms with van der Waals surface area (Å²) in [6.07, 6.45) is 5.40. The van der Waals surface area contributed by atoms with E-state index in [2.05, 4.69) is 4.98 Å². The zero-order valence-corrected chi connectivity index (χ0v) is 14.1. The topological polar surface area (TPSA) is 72.6 Å². The van der Waals surface area contributed by atoms with Crippen molar-refractivity contribution < 1.29 is 14.7 Å². The Morgan fingerprint density at radius 1 is 1.08 bits per heavy atom. The number of aromatic nitrogens is 3. The van der Waals surface area contributed by atoms with Crippen molar-refractivity contribution in [2.75, 3.05) is 13.3 Å². The number of hydrogen-bond donors (Lipinski definition) is 1. The van der Waals surface area contributed by atoms with Crippen LogP contribution in [0.1, 0.15) is 11.5 Å². The molecule has 0 fully saturated rings. The van der Waals surface area contributed by atoms with Gasteiger partial charge in [-0.3, -0.25) is 14.8 Å². The minimum absolute atomic E-state index is 0.243. The maximum Gasteiger partial charge on any atom is 0.231 e. The maximum absolute atomic E-state index is 9.46. The molecule has 2 aliphatic rings. The minimum Gasteiger partial charge on any atom is -0.454 e. The molecule has 2 aromatic heterocycles. The van der Waals surface area contributed by atoms with Gasteiger partial charge in [0, 0.05) is 12.3 Å². The molecule has 26 heavy (non-hydrogen) atoms. The summed E-state index contributed by atoms with van der Waals surface area (Å²) < 4.78 is 12.9. The molecule has 130 valence electrons. The van der Waals surface area contributed by atoms with Gasteiger partial charge in [0.05, 0.1) is 17.9 Å². The van der Waals surface area contributed by atoms with Crippen LogP contribution in [0.4, 0.5) is 0 Å². The van der Waals surface area contributed by atoms with Crippen LogP contribution in [0.5, 0.6) is 11.5 Å². The quantitative estimate of drug-likeness (QED) is 0.767. The molecule has 0 saturated heterocycles. The molecule has 0 saturated carbocycles. The van der Waals surface area contributed by atoms with Gasteiger partial charge in [-0.1, -0.05) is 6.08 Å². The highest BCUT2D eigenvalue weighted by atomic mass is 16.7. The van der Waals surface area contributed by atoms with Gasteiger partial charge in [0.2, 0.25) is 6.79 Å². The number of nitrogens with zero attached hydrogens (tertiary/aromatic N) is 4. The molecular formula is C19H16N4O3. The van der Waals surface area contributed by atoms with Crippen LogP contribution in [0.25, 0.3) is 22.4 Å². The van der Waals surface area contributed by atoms with Crippen LogP contribution in [0.3, 0.4) is 0 Å². The van der Waals surface area contributed by atoms with Gasteiger partial charge >= 0.3 is 0 Å². The number of aryl methyl sites for hydroxylation is 1. The maximum atomic E-state index is 9.46. The average molecular weight is 348 g/mol. The Morgan fingerprint density at radius 2 is 1.96 bits per heavy atom. The highest BCUT2D eigenvalue weighted by Gasteiger charge is 2.18. The van der Waals surface area contributed by atoms with Crippen LogP contribution in [0.15, 0.2) is 48.7 Å². The summed E-state index contributed by atoms with van der Waals surface area (Å²) in [5, 5.41) is 10.6. The number of rotatable bonds is 2. The molecule has 0 atom stereocenters. The lowest BCUT2D eigenvalue weighted by Gasteiger charge is -2.15. The molecule has 4 heterocycles. The Labute approximate surface area is 149 Å².